The Morgan fingerprint density at radius 2 is 1.88 bits per heavy atom. The zero-order chi connectivity index (χ0) is 18.0. The second kappa shape index (κ2) is 7.23. The van der Waals surface area contributed by atoms with Crippen LogP contribution in [-0.4, -0.2) is 44.1 Å². The van der Waals surface area contributed by atoms with Gasteiger partial charge in [0, 0.05) is 50.4 Å². The fourth-order valence-corrected chi connectivity index (χ4v) is 4.62. The minimum atomic E-state index is 0.0522. The summed E-state index contributed by atoms with van der Waals surface area (Å²) in [6.45, 7) is 3.86. The molecule has 2 aromatic rings. The number of aromatic nitrogens is 2. The normalized spacial score (nSPS) is 24.3. The maximum absolute atomic E-state index is 12.6. The smallest absolute Gasteiger partial charge is 0.223 e. The average Bonchev–Trinajstić information content (AvgIpc) is 3.10. The van der Waals surface area contributed by atoms with E-state index >= 15 is 0 Å². The van der Waals surface area contributed by atoms with Crippen molar-refractivity contribution in [1.29, 1.82) is 0 Å². The van der Waals surface area contributed by atoms with Crippen molar-refractivity contribution in [3.63, 3.8) is 0 Å². The number of carbonyl (C=O) groups is 1. The van der Waals surface area contributed by atoms with Crippen LogP contribution < -0.4 is 0 Å². The number of nitrogens with zero attached hydrogens (tertiary/aromatic N) is 4. The van der Waals surface area contributed by atoms with Crippen molar-refractivity contribution in [3.8, 4) is 0 Å². The largest absolute Gasteiger partial charge is 0.333 e. The molecule has 5 nitrogen and oxygen atoms in total. The standard InChI is InChI=1S/C21H28N4O/c1-23-15-19(14-22-23)16-24-12-5-9-21(11-13-24)10-8-20(26)25(21)17-18-6-3-2-4-7-18/h2-4,6-7,14-15H,5,8-13,16-17H2,1H3/t21-/m1/s1. The number of likely N-dealkylation sites (tertiary alicyclic amines) is 2. The first kappa shape index (κ1) is 17.3. The highest BCUT2D eigenvalue weighted by Crippen LogP contribution is 2.40. The van der Waals surface area contributed by atoms with E-state index in [4.69, 9.17) is 0 Å². The third-order valence-electron chi connectivity index (χ3n) is 6.04. The number of carbonyl (C=O) groups excluding carboxylic acids is 1. The molecular formula is C21H28N4O. The third kappa shape index (κ3) is 3.54. The predicted molar refractivity (Wildman–Crippen MR) is 101 cm³/mol. The molecule has 5 heteroatoms. The molecule has 1 atom stereocenters. The van der Waals surface area contributed by atoms with Crippen molar-refractivity contribution >= 4 is 5.91 Å². The Balaban J connectivity index is 1.46. The predicted octanol–water partition coefficient (Wildman–Crippen LogP) is 2.97. The van der Waals surface area contributed by atoms with Crippen LogP contribution in [0.15, 0.2) is 42.7 Å². The summed E-state index contributed by atoms with van der Waals surface area (Å²) in [5.41, 5.74) is 2.56. The lowest BCUT2D eigenvalue weighted by Gasteiger charge is -2.38. The van der Waals surface area contributed by atoms with Gasteiger partial charge in [-0.2, -0.15) is 5.10 Å². The van der Waals surface area contributed by atoms with E-state index in [-0.39, 0.29) is 5.54 Å². The lowest BCUT2D eigenvalue weighted by Crippen LogP contribution is -2.45. The number of hydrogen-bond acceptors (Lipinski definition) is 3. The van der Waals surface area contributed by atoms with Gasteiger partial charge in [-0.05, 0) is 37.8 Å². The molecule has 0 N–H and O–H groups in total. The molecule has 26 heavy (non-hydrogen) atoms. The zero-order valence-corrected chi connectivity index (χ0v) is 15.6. The second-order valence-electron chi connectivity index (χ2n) is 7.84. The summed E-state index contributed by atoms with van der Waals surface area (Å²) < 4.78 is 1.87. The van der Waals surface area contributed by atoms with Crippen LogP contribution in [0.1, 0.15) is 43.2 Å². The molecule has 2 aliphatic rings. The Hall–Kier alpha value is -2.14. The molecule has 3 heterocycles. The van der Waals surface area contributed by atoms with Crippen LogP contribution >= 0.6 is 0 Å². The first-order valence-corrected chi connectivity index (χ1v) is 9.69. The first-order chi connectivity index (χ1) is 12.6. The minimum Gasteiger partial charge on any atom is -0.333 e. The Morgan fingerprint density at radius 3 is 2.65 bits per heavy atom. The highest BCUT2D eigenvalue weighted by Gasteiger charge is 2.45. The molecule has 0 radical (unpaired) electrons. The minimum absolute atomic E-state index is 0.0522. The SMILES string of the molecule is Cn1cc(CN2CCC[C@@]3(CCC(=O)N3Cc3ccccc3)CC2)cn1. The van der Waals surface area contributed by atoms with Crippen molar-refractivity contribution in [2.24, 2.45) is 7.05 Å². The van der Waals surface area contributed by atoms with Crippen molar-refractivity contribution in [3.05, 3.63) is 53.9 Å². The molecular weight excluding hydrogens is 324 g/mol. The van der Waals surface area contributed by atoms with E-state index in [1.807, 2.05) is 24.0 Å². The fraction of sp³-hybridized carbons (Fsp3) is 0.524. The number of aryl methyl sites for hydroxylation is 1. The third-order valence-corrected chi connectivity index (χ3v) is 6.04. The molecule has 0 bridgehead atoms. The van der Waals surface area contributed by atoms with Crippen LogP contribution in [0, 0.1) is 0 Å². The van der Waals surface area contributed by atoms with Gasteiger partial charge >= 0.3 is 0 Å². The summed E-state index contributed by atoms with van der Waals surface area (Å²) in [6, 6.07) is 10.4. The van der Waals surface area contributed by atoms with Crippen LogP contribution in [0.4, 0.5) is 0 Å². The topological polar surface area (TPSA) is 41.4 Å². The number of hydrogen-bond donors (Lipinski definition) is 0. The molecule has 2 saturated heterocycles. The zero-order valence-electron chi connectivity index (χ0n) is 15.6. The Bertz CT molecular complexity index is 756. The van der Waals surface area contributed by atoms with Crippen LogP contribution in [0.2, 0.25) is 0 Å². The summed E-state index contributed by atoms with van der Waals surface area (Å²) in [4.78, 5) is 17.4. The summed E-state index contributed by atoms with van der Waals surface area (Å²) in [7, 11) is 1.96. The van der Waals surface area contributed by atoms with E-state index in [2.05, 4.69) is 45.4 Å². The summed E-state index contributed by atoms with van der Waals surface area (Å²) in [5.74, 6) is 0.328. The highest BCUT2D eigenvalue weighted by atomic mass is 16.2. The fourth-order valence-electron chi connectivity index (χ4n) is 4.62. The molecule has 4 rings (SSSR count). The van der Waals surface area contributed by atoms with Crippen molar-refractivity contribution in [1.82, 2.24) is 19.6 Å². The summed E-state index contributed by atoms with van der Waals surface area (Å²) >= 11 is 0. The molecule has 1 aromatic heterocycles. The lowest BCUT2D eigenvalue weighted by molar-refractivity contribution is -0.132. The molecule has 0 unspecified atom stereocenters. The maximum Gasteiger partial charge on any atom is 0.223 e. The van der Waals surface area contributed by atoms with Crippen LogP contribution in [0.3, 0.4) is 0 Å². The van der Waals surface area contributed by atoms with Gasteiger partial charge in [0.15, 0.2) is 0 Å². The van der Waals surface area contributed by atoms with Gasteiger partial charge in [0.05, 0.1) is 6.20 Å². The molecule has 1 spiro atoms. The summed E-state index contributed by atoms with van der Waals surface area (Å²) in [5, 5.41) is 4.28. The first-order valence-electron chi connectivity index (χ1n) is 9.69. The van der Waals surface area contributed by atoms with Gasteiger partial charge in [-0.25, -0.2) is 0 Å². The quantitative estimate of drug-likeness (QED) is 0.849. The Labute approximate surface area is 155 Å². The van der Waals surface area contributed by atoms with E-state index < -0.39 is 0 Å². The monoisotopic (exact) mass is 352 g/mol. The maximum atomic E-state index is 12.6. The van der Waals surface area contributed by atoms with E-state index in [1.165, 1.54) is 11.1 Å². The molecule has 1 aromatic carbocycles. The molecule has 0 aliphatic carbocycles. The Morgan fingerprint density at radius 1 is 1.04 bits per heavy atom. The van der Waals surface area contributed by atoms with Gasteiger partial charge in [0.2, 0.25) is 5.91 Å². The lowest BCUT2D eigenvalue weighted by atomic mass is 9.87. The number of benzene rings is 1. The van der Waals surface area contributed by atoms with Crippen LogP contribution in [-0.2, 0) is 24.9 Å². The van der Waals surface area contributed by atoms with Crippen LogP contribution in [0.5, 0.6) is 0 Å². The average molecular weight is 352 g/mol. The molecule has 2 aliphatic heterocycles. The van der Waals surface area contributed by atoms with E-state index in [0.29, 0.717) is 12.3 Å². The number of amides is 1. The molecule has 2 fully saturated rings. The highest BCUT2D eigenvalue weighted by molar-refractivity contribution is 5.79. The molecule has 1 amide bonds. The molecule has 0 saturated carbocycles. The van der Waals surface area contributed by atoms with Gasteiger partial charge in [0.1, 0.15) is 0 Å². The summed E-state index contributed by atoms with van der Waals surface area (Å²) in [6.07, 6.45) is 9.12. The van der Waals surface area contributed by atoms with Gasteiger partial charge < -0.3 is 4.90 Å². The van der Waals surface area contributed by atoms with E-state index in [9.17, 15) is 4.79 Å². The van der Waals surface area contributed by atoms with Crippen molar-refractivity contribution in [2.75, 3.05) is 13.1 Å². The molecule has 138 valence electrons. The Kier molecular flexibility index (Phi) is 4.81. The van der Waals surface area contributed by atoms with Crippen molar-refractivity contribution in [2.45, 2.75) is 50.7 Å². The number of rotatable bonds is 4. The van der Waals surface area contributed by atoms with Gasteiger partial charge in [0.25, 0.3) is 0 Å². The van der Waals surface area contributed by atoms with Gasteiger partial charge in [-0.1, -0.05) is 30.3 Å². The second-order valence-corrected chi connectivity index (χ2v) is 7.84. The van der Waals surface area contributed by atoms with Crippen molar-refractivity contribution < 1.29 is 4.79 Å². The van der Waals surface area contributed by atoms with Gasteiger partial charge in [-0.15, -0.1) is 0 Å². The van der Waals surface area contributed by atoms with E-state index in [0.717, 1.165) is 51.9 Å². The van der Waals surface area contributed by atoms with Crippen LogP contribution in [0.25, 0.3) is 0 Å². The van der Waals surface area contributed by atoms with Gasteiger partial charge in [-0.3, -0.25) is 14.4 Å². The van der Waals surface area contributed by atoms with E-state index in [1.54, 1.807) is 0 Å².